The van der Waals surface area contributed by atoms with Gasteiger partial charge in [0.25, 0.3) is 0 Å². The molecule has 0 unspecified atom stereocenters. The summed E-state index contributed by atoms with van der Waals surface area (Å²) in [4.78, 5) is 26.1. The Kier molecular flexibility index (Phi) is 5.26. The van der Waals surface area contributed by atoms with Gasteiger partial charge in [-0.25, -0.2) is 0 Å². The molecular weight excluding hydrogens is 248 g/mol. The molecule has 0 bridgehead atoms. The highest BCUT2D eigenvalue weighted by Crippen LogP contribution is 2.35. The summed E-state index contributed by atoms with van der Waals surface area (Å²) in [5, 5.41) is 2.88. The van der Waals surface area contributed by atoms with Gasteiger partial charge in [-0.05, 0) is 25.1 Å². The molecule has 2 amide bonds. The van der Waals surface area contributed by atoms with Crippen molar-refractivity contribution in [3.63, 3.8) is 0 Å². The van der Waals surface area contributed by atoms with E-state index in [0.717, 1.165) is 25.7 Å². The van der Waals surface area contributed by atoms with Crippen molar-refractivity contribution in [1.29, 1.82) is 0 Å². The van der Waals surface area contributed by atoms with Crippen LogP contribution in [0.2, 0.25) is 0 Å². The maximum atomic E-state index is 12.5. The number of thiocarbonyl (C=S) groups is 1. The molecule has 18 heavy (non-hydrogen) atoms. The normalized spacial score (nSPS) is 19.1. The Morgan fingerprint density at radius 3 is 2.11 bits per heavy atom. The molecule has 1 rings (SSSR count). The highest BCUT2D eigenvalue weighted by atomic mass is 32.1. The summed E-state index contributed by atoms with van der Waals surface area (Å²) in [6, 6.07) is 0. The number of hydrogen-bond acceptors (Lipinski definition) is 3. The van der Waals surface area contributed by atoms with Gasteiger partial charge in [0.05, 0.1) is 0 Å². The lowest BCUT2D eigenvalue weighted by Crippen LogP contribution is -2.62. The van der Waals surface area contributed by atoms with Crippen LogP contribution in [0.4, 0.5) is 0 Å². The van der Waals surface area contributed by atoms with Gasteiger partial charge >= 0.3 is 0 Å². The Labute approximate surface area is 114 Å². The number of carbonyl (C=O) groups excluding carboxylic acids is 2. The van der Waals surface area contributed by atoms with Crippen LogP contribution in [-0.2, 0) is 9.59 Å². The summed E-state index contributed by atoms with van der Waals surface area (Å²) in [5.41, 5.74) is -0.900. The lowest BCUT2D eigenvalue weighted by molar-refractivity contribution is -0.150. The van der Waals surface area contributed by atoms with Gasteiger partial charge in [0.15, 0.2) is 5.11 Å². The van der Waals surface area contributed by atoms with E-state index in [1.807, 2.05) is 0 Å². The Morgan fingerprint density at radius 2 is 1.67 bits per heavy atom. The van der Waals surface area contributed by atoms with Crippen LogP contribution in [0, 0.1) is 5.41 Å². The largest absolute Gasteiger partial charge is 0.302 e. The van der Waals surface area contributed by atoms with E-state index in [0.29, 0.717) is 12.8 Å². The highest BCUT2D eigenvalue weighted by Gasteiger charge is 2.50. The maximum Gasteiger partial charge on any atom is 0.244 e. The Morgan fingerprint density at radius 1 is 1.17 bits per heavy atom. The molecule has 0 aromatic carbocycles. The number of unbranched alkanes of at least 4 members (excludes halogenated alkanes) is 2. The molecule has 0 saturated carbocycles. The van der Waals surface area contributed by atoms with E-state index in [-0.39, 0.29) is 16.9 Å². The second-order valence-corrected chi connectivity index (χ2v) is 5.30. The number of nitrogens with zero attached hydrogens (tertiary/aromatic N) is 1. The summed E-state index contributed by atoms with van der Waals surface area (Å²) >= 11 is 4.98. The fraction of sp³-hybridized carbons (Fsp3) is 0.769. The SMILES string of the molecule is CCCCC1(CCCC)C(=O)NC(=S)N(C)C1=O. The first kappa shape index (κ1) is 15.1. The van der Waals surface area contributed by atoms with Gasteiger partial charge < -0.3 is 5.32 Å². The van der Waals surface area contributed by atoms with E-state index in [9.17, 15) is 9.59 Å². The van der Waals surface area contributed by atoms with Gasteiger partial charge in [-0.3, -0.25) is 14.5 Å². The fourth-order valence-electron chi connectivity index (χ4n) is 2.33. The average molecular weight is 270 g/mol. The van der Waals surface area contributed by atoms with Crippen LogP contribution in [0.3, 0.4) is 0 Å². The molecule has 0 spiro atoms. The summed E-state index contributed by atoms with van der Waals surface area (Å²) in [6.45, 7) is 4.13. The van der Waals surface area contributed by atoms with Crippen LogP contribution in [0.15, 0.2) is 0 Å². The second kappa shape index (κ2) is 6.27. The average Bonchev–Trinajstić information content (AvgIpc) is 2.36. The van der Waals surface area contributed by atoms with E-state index < -0.39 is 5.41 Å². The molecule has 0 atom stereocenters. The Balaban J connectivity index is 3.00. The monoisotopic (exact) mass is 270 g/mol. The third kappa shape index (κ3) is 2.71. The molecule has 0 aromatic heterocycles. The van der Waals surface area contributed by atoms with E-state index in [1.54, 1.807) is 7.05 Å². The van der Waals surface area contributed by atoms with Gasteiger partial charge in [0.1, 0.15) is 5.41 Å². The third-order valence-corrected chi connectivity index (χ3v) is 3.96. The zero-order valence-corrected chi connectivity index (χ0v) is 12.2. The van der Waals surface area contributed by atoms with Gasteiger partial charge in [0.2, 0.25) is 11.8 Å². The van der Waals surface area contributed by atoms with E-state index >= 15 is 0 Å². The summed E-state index contributed by atoms with van der Waals surface area (Å²) in [6.07, 6.45) is 4.93. The lowest BCUT2D eigenvalue weighted by Gasteiger charge is -2.39. The Hall–Kier alpha value is -0.970. The van der Waals surface area contributed by atoms with Crippen molar-refractivity contribution in [3.05, 3.63) is 0 Å². The van der Waals surface area contributed by atoms with Crippen molar-refractivity contribution >= 4 is 29.1 Å². The van der Waals surface area contributed by atoms with Crippen LogP contribution in [0.5, 0.6) is 0 Å². The molecule has 1 aliphatic rings. The van der Waals surface area contributed by atoms with Crippen molar-refractivity contribution in [2.45, 2.75) is 52.4 Å². The second-order valence-electron chi connectivity index (χ2n) is 4.91. The number of amides is 2. The fourth-order valence-corrected chi connectivity index (χ4v) is 2.51. The molecule has 4 nitrogen and oxygen atoms in total. The van der Waals surface area contributed by atoms with Crippen molar-refractivity contribution in [2.24, 2.45) is 5.41 Å². The third-order valence-electron chi connectivity index (χ3n) is 3.59. The van der Waals surface area contributed by atoms with Gasteiger partial charge in [0, 0.05) is 7.05 Å². The van der Waals surface area contributed by atoms with Crippen molar-refractivity contribution in [3.8, 4) is 0 Å². The maximum absolute atomic E-state index is 12.5. The molecule has 1 N–H and O–H groups in total. The molecule has 1 aliphatic heterocycles. The number of carbonyl (C=O) groups is 2. The van der Waals surface area contributed by atoms with Gasteiger partial charge in [-0.2, -0.15) is 0 Å². The topological polar surface area (TPSA) is 49.4 Å². The number of rotatable bonds is 6. The van der Waals surface area contributed by atoms with Crippen molar-refractivity contribution in [1.82, 2.24) is 10.2 Å². The predicted molar refractivity (Wildman–Crippen MR) is 75.0 cm³/mol. The summed E-state index contributed by atoms with van der Waals surface area (Å²) < 4.78 is 0. The molecule has 1 fully saturated rings. The highest BCUT2D eigenvalue weighted by molar-refractivity contribution is 7.80. The van der Waals surface area contributed by atoms with Crippen LogP contribution in [0.1, 0.15) is 52.4 Å². The number of nitrogens with one attached hydrogen (secondary N) is 1. The summed E-state index contributed by atoms with van der Waals surface area (Å²) in [7, 11) is 1.64. The van der Waals surface area contributed by atoms with Gasteiger partial charge in [-0.1, -0.05) is 39.5 Å². The predicted octanol–water partition coefficient (Wildman–Crippen LogP) is 2.23. The van der Waals surface area contributed by atoms with E-state index in [4.69, 9.17) is 12.2 Å². The first-order chi connectivity index (χ1) is 8.49. The van der Waals surface area contributed by atoms with Crippen LogP contribution in [-0.4, -0.2) is 28.9 Å². The molecule has 5 heteroatoms. The lowest BCUT2D eigenvalue weighted by atomic mass is 9.75. The van der Waals surface area contributed by atoms with Crippen molar-refractivity contribution in [2.75, 3.05) is 7.05 Å². The molecule has 1 heterocycles. The van der Waals surface area contributed by atoms with E-state index in [2.05, 4.69) is 19.2 Å². The zero-order chi connectivity index (χ0) is 13.8. The molecule has 102 valence electrons. The minimum absolute atomic E-state index is 0.141. The van der Waals surface area contributed by atoms with Crippen molar-refractivity contribution < 1.29 is 9.59 Å². The van der Waals surface area contributed by atoms with Gasteiger partial charge in [-0.15, -0.1) is 0 Å². The van der Waals surface area contributed by atoms with Crippen LogP contribution >= 0.6 is 12.2 Å². The standard InChI is InChI=1S/C13H22N2O2S/c1-4-6-8-13(9-7-5-2)10(16)14-12(18)15(3)11(13)17/h4-9H2,1-3H3,(H,14,16,18). The molecule has 0 aliphatic carbocycles. The zero-order valence-electron chi connectivity index (χ0n) is 11.4. The Bertz CT molecular complexity index is 347. The van der Waals surface area contributed by atoms with Crippen LogP contribution < -0.4 is 5.32 Å². The minimum atomic E-state index is -0.900. The number of hydrogen-bond donors (Lipinski definition) is 1. The molecular formula is C13H22N2O2S. The molecule has 0 aromatic rings. The first-order valence-electron chi connectivity index (χ1n) is 6.63. The minimum Gasteiger partial charge on any atom is -0.302 e. The summed E-state index contributed by atoms with van der Waals surface area (Å²) in [5.74, 6) is -0.351. The first-order valence-corrected chi connectivity index (χ1v) is 7.04. The van der Waals surface area contributed by atoms with Crippen LogP contribution in [0.25, 0.3) is 0 Å². The quantitative estimate of drug-likeness (QED) is 0.595. The molecule has 1 saturated heterocycles. The van der Waals surface area contributed by atoms with E-state index in [1.165, 1.54) is 4.90 Å². The molecule has 0 radical (unpaired) electrons. The smallest absolute Gasteiger partial charge is 0.244 e.